The summed E-state index contributed by atoms with van der Waals surface area (Å²) in [6.07, 6.45) is 0.0557. The van der Waals surface area contributed by atoms with E-state index in [4.69, 9.17) is 14.2 Å². The minimum Gasteiger partial charge on any atom is -0.463 e. The zero-order valence-electron chi connectivity index (χ0n) is 18.4. The predicted molar refractivity (Wildman–Crippen MR) is 123 cm³/mol. The average Bonchev–Trinajstić information content (AvgIpc) is 2.84. The van der Waals surface area contributed by atoms with Gasteiger partial charge in [-0.2, -0.15) is 0 Å². The van der Waals surface area contributed by atoms with Crippen LogP contribution in [0.25, 0.3) is 0 Å². The number of carbonyl (C=O) groups is 1. The molecule has 3 rings (SSSR count). The first kappa shape index (κ1) is 23.7. The number of aliphatic hydroxyl groups is 1. The number of carbonyl (C=O) groups excluding carboxylic acids is 1. The first-order chi connectivity index (χ1) is 15.7. The summed E-state index contributed by atoms with van der Waals surface area (Å²) in [5.74, 6) is -0.347. The quantitative estimate of drug-likeness (QED) is 0.261. The van der Waals surface area contributed by atoms with E-state index in [9.17, 15) is 9.90 Å². The fourth-order valence-corrected chi connectivity index (χ4v) is 3.75. The molecule has 0 fully saturated rings. The third kappa shape index (κ3) is 6.04. The van der Waals surface area contributed by atoms with E-state index in [0.717, 1.165) is 16.7 Å². The molecule has 0 radical (unpaired) electrons. The normalized spacial score (nSPS) is 12.3. The first-order valence-corrected chi connectivity index (χ1v) is 10.8. The summed E-state index contributed by atoms with van der Waals surface area (Å²) < 4.78 is 17.6. The molecule has 0 aliphatic rings. The van der Waals surface area contributed by atoms with Gasteiger partial charge in [-0.3, -0.25) is 4.79 Å². The van der Waals surface area contributed by atoms with Gasteiger partial charge in [-0.15, -0.1) is 0 Å². The van der Waals surface area contributed by atoms with Crippen LogP contribution < -0.4 is 0 Å². The van der Waals surface area contributed by atoms with E-state index < -0.39 is 5.60 Å². The van der Waals surface area contributed by atoms with Crippen molar-refractivity contribution >= 4 is 5.97 Å². The van der Waals surface area contributed by atoms with Crippen molar-refractivity contribution in [3.63, 3.8) is 0 Å². The van der Waals surface area contributed by atoms with Crippen LogP contribution in [-0.2, 0) is 24.6 Å². The van der Waals surface area contributed by atoms with Crippen LogP contribution >= 0.6 is 0 Å². The molecule has 32 heavy (non-hydrogen) atoms. The molecule has 3 aromatic rings. The molecule has 0 aliphatic heterocycles. The van der Waals surface area contributed by atoms with Gasteiger partial charge in [0.25, 0.3) is 0 Å². The molecule has 0 heterocycles. The van der Waals surface area contributed by atoms with Crippen molar-refractivity contribution < 1.29 is 24.1 Å². The van der Waals surface area contributed by atoms with Crippen LogP contribution in [0.3, 0.4) is 0 Å². The number of ether oxygens (including phenoxy) is 3. The lowest BCUT2D eigenvalue weighted by molar-refractivity contribution is -0.144. The van der Waals surface area contributed by atoms with Crippen molar-refractivity contribution in [1.82, 2.24) is 0 Å². The molecule has 1 unspecified atom stereocenters. The van der Waals surface area contributed by atoms with Crippen molar-refractivity contribution in [3.05, 3.63) is 108 Å². The topological polar surface area (TPSA) is 65.0 Å². The van der Waals surface area contributed by atoms with Gasteiger partial charge in [-0.05, 0) is 23.1 Å². The third-order valence-corrected chi connectivity index (χ3v) is 5.22. The van der Waals surface area contributed by atoms with E-state index >= 15 is 0 Å². The van der Waals surface area contributed by atoms with Crippen LogP contribution in [0, 0.1) is 0 Å². The zero-order valence-corrected chi connectivity index (χ0v) is 18.4. The summed E-state index contributed by atoms with van der Waals surface area (Å²) in [5.41, 5.74) is 2.15. The fourth-order valence-electron chi connectivity index (χ4n) is 3.75. The summed E-state index contributed by atoms with van der Waals surface area (Å²) in [4.78, 5) is 11.0. The van der Waals surface area contributed by atoms with Crippen molar-refractivity contribution in [2.24, 2.45) is 0 Å². The third-order valence-electron chi connectivity index (χ3n) is 5.22. The van der Waals surface area contributed by atoms with Crippen molar-refractivity contribution in [1.29, 1.82) is 0 Å². The average molecular weight is 435 g/mol. The monoisotopic (exact) mass is 434 g/mol. The van der Waals surface area contributed by atoms with Crippen LogP contribution in [0.2, 0.25) is 0 Å². The van der Waals surface area contributed by atoms with Gasteiger partial charge in [0, 0.05) is 13.5 Å². The molecule has 1 N–H and O–H groups in total. The summed E-state index contributed by atoms with van der Waals surface area (Å²) in [7, 11) is 0. The minimum absolute atomic E-state index is 0.0311. The lowest BCUT2D eigenvalue weighted by Gasteiger charge is -2.37. The molecular weight excluding hydrogens is 404 g/mol. The summed E-state index contributed by atoms with van der Waals surface area (Å²) in [6, 6.07) is 30.3. The van der Waals surface area contributed by atoms with Gasteiger partial charge < -0.3 is 19.3 Å². The Morgan fingerprint density at radius 2 is 1.28 bits per heavy atom. The van der Waals surface area contributed by atoms with E-state index in [1.165, 1.54) is 6.92 Å². The van der Waals surface area contributed by atoms with Gasteiger partial charge >= 0.3 is 5.97 Å². The molecule has 0 aromatic heterocycles. The second kappa shape index (κ2) is 12.2. The van der Waals surface area contributed by atoms with Crippen molar-refractivity contribution in [3.8, 4) is 0 Å². The Balaban J connectivity index is 1.94. The molecule has 0 aliphatic carbocycles. The van der Waals surface area contributed by atoms with Crippen LogP contribution in [-0.4, -0.2) is 43.6 Å². The van der Waals surface area contributed by atoms with Gasteiger partial charge in [0.15, 0.2) is 0 Å². The van der Waals surface area contributed by atoms with Crippen LogP contribution in [0.15, 0.2) is 91.0 Å². The van der Waals surface area contributed by atoms with Crippen molar-refractivity contribution in [2.45, 2.75) is 25.0 Å². The lowest BCUT2D eigenvalue weighted by Crippen LogP contribution is -2.37. The summed E-state index contributed by atoms with van der Waals surface area (Å²) >= 11 is 0. The number of hydrogen-bond acceptors (Lipinski definition) is 5. The van der Waals surface area contributed by atoms with E-state index in [1.807, 2.05) is 54.6 Å². The highest BCUT2D eigenvalue weighted by Crippen LogP contribution is 2.40. The highest BCUT2D eigenvalue weighted by Gasteiger charge is 2.38. The van der Waals surface area contributed by atoms with Crippen molar-refractivity contribution in [2.75, 3.05) is 26.4 Å². The Kier molecular flexibility index (Phi) is 8.99. The number of hydrogen-bond donors (Lipinski definition) is 1. The summed E-state index contributed by atoms with van der Waals surface area (Å²) in [6.45, 7) is 1.99. The Morgan fingerprint density at radius 3 is 1.69 bits per heavy atom. The van der Waals surface area contributed by atoms with Gasteiger partial charge in [-0.1, -0.05) is 91.0 Å². The van der Waals surface area contributed by atoms with Gasteiger partial charge in [-0.25, -0.2) is 0 Å². The first-order valence-electron chi connectivity index (χ1n) is 10.8. The molecular formula is C27H30O5. The molecule has 168 valence electrons. The van der Waals surface area contributed by atoms with E-state index in [1.54, 1.807) is 0 Å². The van der Waals surface area contributed by atoms with Crippen LogP contribution in [0.1, 0.15) is 30.0 Å². The zero-order chi connectivity index (χ0) is 22.7. The maximum Gasteiger partial charge on any atom is 0.302 e. The molecule has 0 spiro atoms. The maximum atomic E-state index is 11.0. The summed E-state index contributed by atoms with van der Waals surface area (Å²) in [5, 5.41) is 9.54. The number of aliphatic hydroxyl groups excluding tert-OH is 1. The van der Waals surface area contributed by atoms with Gasteiger partial charge in [0.2, 0.25) is 0 Å². The second-order valence-electron chi connectivity index (χ2n) is 7.44. The molecule has 0 saturated carbocycles. The highest BCUT2D eigenvalue weighted by molar-refractivity contribution is 5.65. The lowest BCUT2D eigenvalue weighted by atomic mass is 9.80. The fraction of sp³-hybridized carbons (Fsp3) is 0.296. The number of esters is 1. The molecule has 3 aromatic carbocycles. The maximum absolute atomic E-state index is 11.0. The Hall–Kier alpha value is -2.99. The molecule has 5 nitrogen and oxygen atoms in total. The predicted octanol–water partition coefficient (Wildman–Crippen LogP) is 4.33. The highest BCUT2D eigenvalue weighted by atomic mass is 16.6. The standard InChI is InChI=1S/C27H30O5/c1-22(29)30-19-20-31-26(17-18-28)21-32-27(23-11-5-2-6-12-23,24-13-7-3-8-14-24)25-15-9-4-10-16-25/h2-16,26,28H,17-21H2,1H3. The Morgan fingerprint density at radius 1 is 0.812 bits per heavy atom. The Bertz CT molecular complexity index is 831. The SMILES string of the molecule is CC(=O)OCCOC(CCO)COC(c1ccccc1)(c1ccccc1)c1ccccc1. The number of benzene rings is 3. The molecule has 0 bridgehead atoms. The van der Waals surface area contributed by atoms with Gasteiger partial charge in [0.1, 0.15) is 12.2 Å². The Labute approximate surface area is 189 Å². The molecule has 5 heteroatoms. The largest absolute Gasteiger partial charge is 0.463 e. The minimum atomic E-state index is -0.850. The molecule has 0 amide bonds. The smallest absolute Gasteiger partial charge is 0.302 e. The van der Waals surface area contributed by atoms with E-state index in [2.05, 4.69) is 36.4 Å². The second-order valence-corrected chi connectivity index (χ2v) is 7.44. The van der Waals surface area contributed by atoms with Gasteiger partial charge in [0.05, 0.1) is 19.3 Å². The van der Waals surface area contributed by atoms with E-state index in [-0.39, 0.29) is 38.5 Å². The molecule has 1 atom stereocenters. The van der Waals surface area contributed by atoms with E-state index in [0.29, 0.717) is 6.42 Å². The van der Waals surface area contributed by atoms with Crippen LogP contribution in [0.4, 0.5) is 0 Å². The number of rotatable bonds is 12. The molecule has 0 saturated heterocycles. The van der Waals surface area contributed by atoms with Crippen LogP contribution in [0.5, 0.6) is 0 Å².